The fourth-order valence-electron chi connectivity index (χ4n) is 4.08. The van der Waals surface area contributed by atoms with Gasteiger partial charge in [0.25, 0.3) is 11.8 Å². The van der Waals surface area contributed by atoms with Crippen LogP contribution >= 0.6 is 0 Å². The van der Waals surface area contributed by atoms with Crippen LogP contribution in [0, 0.1) is 5.92 Å². The van der Waals surface area contributed by atoms with E-state index in [0.717, 1.165) is 24.2 Å². The molecule has 0 unspecified atom stereocenters. The first-order chi connectivity index (χ1) is 14.8. The average molecular weight is 430 g/mol. The Morgan fingerprint density at radius 3 is 2.58 bits per heavy atom. The lowest BCUT2D eigenvalue weighted by Gasteiger charge is -2.36. The number of imide groups is 2. The lowest BCUT2D eigenvalue weighted by atomic mass is 9.73. The second kappa shape index (κ2) is 9.15. The summed E-state index contributed by atoms with van der Waals surface area (Å²) in [6.07, 6.45) is 1.69. The number of ether oxygens (including phenoxy) is 1. The molecule has 0 aromatic heterocycles. The second-order valence-electron chi connectivity index (χ2n) is 7.79. The summed E-state index contributed by atoms with van der Waals surface area (Å²) in [5, 5.41) is 7.08. The number of benzene rings is 1. The van der Waals surface area contributed by atoms with Crippen molar-refractivity contribution in [3.8, 4) is 0 Å². The molecule has 1 saturated carbocycles. The number of hydrogen-bond acceptors (Lipinski definition) is 6. The Kier molecular flexibility index (Phi) is 6.57. The molecule has 3 N–H and O–H groups in total. The maximum atomic E-state index is 13.0. The summed E-state index contributed by atoms with van der Waals surface area (Å²) in [6, 6.07) is 6.73. The third kappa shape index (κ3) is 4.52. The van der Waals surface area contributed by atoms with E-state index in [1.54, 1.807) is 30.3 Å². The van der Waals surface area contributed by atoms with Gasteiger partial charge in [-0.1, -0.05) is 50.1 Å². The topological polar surface area (TPSA) is 134 Å². The van der Waals surface area contributed by atoms with Gasteiger partial charge in [-0.05, 0) is 18.8 Å². The van der Waals surface area contributed by atoms with Gasteiger partial charge >= 0.3 is 18.0 Å². The predicted molar refractivity (Wildman–Crippen MR) is 108 cm³/mol. The Hall–Kier alpha value is -3.43. The van der Waals surface area contributed by atoms with Crippen LogP contribution in [0.2, 0.25) is 0 Å². The predicted octanol–water partition coefficient (Wildman–Crippen LogP) is 1.23. The van der Waals surface area contributed by atoms with E-state index in [1.165, 1.54) is 7.05 Å². The summed E-state index contributed by atoms with van der Waals surface area (Å²) in [7, 11) is 1.34. The van der Waals surface area contributed by atoms with Gasteiger partial charge in [-0.15, -0.1) is 0 Å². The van der Waals surface area contributed by atoms with Crippen LogP contribution in [0.5, 0.6) is 0 Å². The highest BCUT2D eigenvalue weighted by atomic mass is 16.5. The fraction of sp³-hybridized carbons (Fsp3) is 0.476. The Morgan fingerprint density at radius 2 is 1.94 bits per heavy atom. The molecule has 0 bridgehead atoms. The highest BCUT2D eigenvalue weighted by Gasteiger charge is 2.55. The number of nitrogens with zero attached hydrogens (tertiary/aromatic N) is 1. The van der Waals surface area contributed by atoms with E-state index in [9.17, 15) is 24.0 Å². The molecular weight excluding hydrogens is 404 g/mol. The first-order valence-electron chi connectivity index (χ1n) is 10.2. The van der Waals surface area contributed by atoms with Gasteiger partial charge in [-0.3, -0.25) is 24.6 Å². The van der Waals surface area contributed by atoms with Gasteiger partial charge in [0.15, 0.2) is 0 Å². The van der Waals surface area contributed by atoms with E-state index >= 15 is 0 Å². The first kappa shape index (κ1) is 22.3. The van der Waals surface area contributed by atoms with Crippen LogP contribution in [0.3, 0.4) is 0 Å². The molecule has 3 rings (SSSR count). The van der Waals surface area contributed by atoms with Crippen molar-refractivity contribution in [3.63, 3.8) is 0 Å². The molecule has 1 saturated heterocycles. The third-order valence-electron chi connectivity index (χ3n) is 5.84. The molecule has 1 aliphatic heterocycles. The largest absolute Gasteiger partial charge is 0.446 e. The van der Waals surface area contributed by atoms with Gasteiger partial charge in [0, 0.05) is 12.6 Å². The van der Waals surface area contributed by atoms with Crippen LogP contribution in [0.15, 0.2) is 30.3 Å². The van der Waals surface area contributed by atoms with Gasteiger partial charge in [0.2, 0.25) is 6.10 Å². The van der Waals surface area contributed by atoms with Crippen molar-refractivity contribution in [2.24, 2.45) is 5.92 Å². The summed E-state index contributed by atoms with van der Waals surface area (Å²) in [5.41, 5.74) is -0.655. The number of rotatable bonds is 5. The monoisotopic (exact) mass is 430 g/mol. The fourth-order valence-corrected chi connectivity index (χ4v) is 4.08. The van der Waals surface area contributed by atoms with E-state index in [2.05, 4.69) is 16.0 Å². The quantitative estimate of drug-likeness (QED) is 0.475. The van der Waals surface area contributed by atoms with E-state index in [1.807, 2.05) is 6.92 Å². The van der Waals surface area contributed by atoms with Crippen LogP contribution in [0.4, 0.5) is 9.59 Å². The number of amides is 6. The van der Waals surface area contributed by atoms with E-state index in [-0.39, 0.29) is 5.92 Å². The number of urea groups is 2. The molecule has 1 aromatic rings. The van der Waals surface area contributed by atoms with Gasteiger partial charge in [-0.25, -0.2) is 9.59 Å². The molecule has 1 aliphatic carbocycles. The molecule has 3 atom stereocenters. The van der Waals surface area contributed by atoms with Gasteiger partial charge < -0.3 is 15.4 Å². The van der Waals surface area contributed by atoms with Crippen molar-refractivity contribution >= 4 is 29.8 Å². The van der Waals surface area contributed by atoms with Crippen LogP contribution in [0.1, 0.15) is 44.3 Å². The Morgan fingerprint density at radius 1 is 1.23 bits per heavy atom. The molecule has 1 aromatic carbocycles. The van der Waals surface area contributed by atoms with Gasteiger partial charge in [0.1, 0.15) is 12.1 Å². The standard InChI is InChI=1S/C21H26N4O6/c1-13-8-6-7-11-21(13)18(28)25(20(30)24-21)12-15(26)31-16(14-9-4-3-5-10-14)17(27)23-19(29)22-2/h3-5,9-10,13,16H,6-8,11-12H2,1-2H3,(H,24,30)(H2,22,23,27,29)/t13-,16-,21-/m1/s1. The van der Waals surface area contributed by atoms with Crippen LogP contribution in [0.25, 0.3) is 0 Å². The zero-order chi connectivity index (χ0) is 22.6. The molecule has 2 aliphatic rings. The summed E-state index contributed by atoms with van der Waals surface area (Å²) < 4.78 is 5.30. The summed E-state index contributed by atoms with van der Waals surface area (Å²) in [4.78, 5) is 62.9. The molecule has 166 valence electrons. The highest BCUT2D eigenvalue weighted by Crippen LogP contribution is 2.38. The van der Waals surface area contributed by atoms with E-state index < -0.39 is 48.0 Å². The lowest BCUT2D eigenvalue weighted by Crippen LogP contribution is -2.54. The lowest BCUT2D eigenvalue weighted by molar-refractivity contribution is -0.158. The number of nitrogens with one attached hydrogen (secondary N) is 3. The van der Waals surface area contributed by atoms with Gasteiger partial charge in [0.05, 0.1) is 0 Å². The minimum absolute atomic E-state index is 0.0471. The first-order valence-corrected chi connectivity index (χ1v) is 10.2. The molecule has 1 spiro atoms. The number of esters is 1. The molecule has 10 heteroatoms. The minimum atomic E-state index is -1.42. The van der Waals surface area contributed by atoms with E-state index in [0.29, 0.717) is 12.0 Å². The van der Waals surface area contributed by atoms with Crippen LogP contribution < -0.4 is 16.0 Å². The third-order valence-corrected chi connectivity index (χ3v) is 5.84. The summed E-state index contributed by atoms with van der Waals surface area (Å²) in [5.74, 6) is -2.29. The highest BCUT2D eigenvalue weighted by molar-refractivity contribution is 6.09. The molecule has 2 fully saturated rings. The number of hydrogen-bond donors (Lipinski definition) is 3. The molecule has 1 heterocycles. The SMILES string of the molecule is CNC(=O)NC(=O)[C@H](OC(=O)CN1C(=O)N[C@@]2(CCCC[C@H]2C)C1=O)c1ccccc1. The normalized spacial score (nSPS) is 23.8. The van der Waals surface area contributed by atoms with Crippen molar-refractivity contribution in [2.45, 2.75) is 44.2 Å². The Bertz CT molecular complexity index is 889. The Balaban J connectivity index is 1.73. The summed E-state index contributed by atoms with van der Waals surface area (Å²) in [6.45, 7) is 1.28. The van der Waals surface area contributed by atoms with Crippen molar-refractivity contribution < 1.29 is 28.7 Å². The van der Waals surface area contributed by atoms with Gasteiger partial charge in [-0.2, -0.15) is 0 Å². The minimum Gasteiger partial charge on any atom is -0.446 e. The van der Waals surface area contributed by atoms with E-state index in [4.69, 9.17) is 4.74 Å². The molecular formula is C21H26N4O6. The van der Waals surface area contributed by atoms with Crippen molar-refractivity contribution in [3.05, 3.63) is 35.9 Å². The number of carbonyl (C=O) groups is 5. The van der Waals surface area contributed by atoms with Crippen molar-refractivity contribution in [1.82, 2.24) is 20.9 Å². The second-order valence-corrected chi connectivity index (χ2v) is 7.79. The molecule has 0 radical (unpaired) electrons. The molecule has 31 heavy (non-hydrogen) atoms. The number of carbonyl (C=O) groups excluding carboxylic acids is 5. The van der Waals surface area contributed by atoms with Crippen molar-refractivity contribution in [1.29, 1.82) is 0 Å². The zero-order valence-electron chi connectivity index (χ0n) is 17.5. The Labute approximate surface area is 179 Å². The summed E-state index contributed by atoms with van der Waals surface area (Å²) >= 11 is 0. The average Bonchev–Trinajstić information content (AvgIpc) is 2.99. The maximum absolute atomic E-state index is 13.0. The molecule has 10 nitrogen and oxygen atoms in total. The smallest absolute Gasteiger partial charge is 0.327 e. The van der Waals surface area contributed by atoms with Crippen molar-refractivity contribution in [2.75, 3.05) is 13.6 Å². The maximum Gasteiger partial charge on any atom is 0.327 e. The molecule has 6 amide bonds. The van der Waals surface area contributed by atoms with Crippen LogP contribution in [-0.4, -0.2) is 53.9 Å². The zero-order valence-corrected chi connectivity index (χ0v) is 17.5. The van der Waals surface area contributed by atoms with Crippen LogP contribution in [-0.2, 0) is 19.1 Å².